The topological polar surface area (TPSA) is 88.0 Å². The summed E-state index contributed by atoms with van der Waals surface area (Å²) in [6.45, 7) is 4.01. The first-order valence-corrected chi connectivity index (χ1v) is 10.7. The molecule has 0 fully saturated rings. The number of phenols is 1. The zero-order chi connectivity index (χ0) is 21.8. The van der Waals surface area contributed by atoms with Gasteiger partial charge in [0.05, 0.1) is 15.6 Å². The van der Waals surface area contributed by atoms with Crippen LogP contribution in [0.25, 0.3) is 10.6 Å². The number of phenolic OH excluding ortho intramolecular Hbond substituents is 1. The van der Waals surface area contributed by atoms with E-state index in [2.05, 4.69) is 20.3 Å². The van der Waals surface area contributed by atoms with Gasteiger partial charge in [-0.05, 0) is 61.0 Å². The lowest BCUT2D eigenvalue weighted by atomic mass is 10.0. The van der Waals surface area contributed by atoms with Crippen LogP contribution in [0.1, 0.15) is 40.2 Å². The Morgan fingerprint density at radius 3 is 2.68 bits per heavy atom. The fourth-order valence-corrected chi connectivity index (χ4v) is 4.08. The quantitative estimate of drug-likeness (QED) is 0.364. The largest absolute Gasteiger partial charge is 0.508 e. The molecule has 0 bridgehead atoms. The molecule has 4 aromatic rings. The number of thiazole rings is 1. The number of ketones is 1. The molecule has 0 saturated heterocycles. The third-order valence-electron chi connectivity index (χ3n) is 4.80. The Morgan fingerprint density at radius 1 is 1.10 bits per heavy atom. The highest BCUT2D eigenvalue weighted by atomic mass is 32.1. The summed E-state index contributed by atoms with van der Waals surface area (Å²) in [5.74, 6) is 1.62. The number of nitrogens with one attached hydrogen (secondary N) is 1. The van der Waals surface area contributed by atoms with Crippen LogP contribution in [-0.2, 0) is 0 Å². The van der Waals surface area contributed by atoms with Crippen LogP contribution in [0, 0.1) is 6.92 Å². The van der Waals surface area contributed by atoms with Crippen LogP contribution in [0.3, 0.4) is 0 Å². The second kappa shape index (κ2) is 9.06. The standard InChI is InChI=1S/C24H22N4O2S/c1-15-10-11-25-23(12-15)28-22-5-3-4-19(27-22)21-14-26-24(31-21)16(2)13-20(30)17-6-8-18(29)9-7-17/h3-12,14,16,29H,13H2,1-2H3,(H,25,27,28). The Labute approximate surface area is 184 Å². The van der Waals surface area contributed by atoms with Crippen LogP contribution >= 0.6 is 11.3 Å². The van der Waals surface area contributed by atoms with Gasteiger partial charge in [0.2, 0.25) is 0 Å². The summed E-state index contributed by atoms with van der Waals surface area (Å²) < 4.78 is 0. The highest BCUT2D eigenvalue weighted by molar-refractivity contribution is 7.15. The number of aryl methyl sites for hydroxylation is 1. The predicted molar refractivity (Wildman–Crippen MR) is 123 cm³/mol. The smallest absolute Gasteiger partial charge is 0.163 e. The van der Waals surface area contributed by atoms with E-state index in [-0.39, 0.29) is 17.5 Å². The fraction of sp³-hybridized carbons (Fsp3) is 0.167. The number of benzene rings is 1. The van der Waals surface area contributed by atoms with Crippen molar-refractivity contribution in [3.63, 3.8) is 0 Å². The van der Waals surface area contributed by atoms with Gasteiger partial charge in [0.1, 0.15) is 17.4 Å². The van der Waals surface area contributed by atoms with Crippen molar-refractivity contribution in [2.45, 2.75) is 26.2 Å². The molecule has 0 radical (unpaired) electrons. The van der Waals surface area contributed by atoms with Gasteiger partial charge in [0.15, 0.2) is 5.78 Å². The van der Waals surface area contributed by atoms with Crippen molar-refractivity contribution >= 4 is 28.8 Å². The summed E-state index contributed by atoms with van der Waals surface area (Å²) in [6.07, 6.45) is 3.92. The van der Waals surface area contributed by atoms with Gasteiger partial charge in [0, 0.05) is 30.3 Å². The molecule has 156 valence electrons. The average molecular weight is 431 g/mol. The van der Waals surface area contributed by atoms with Gasteiger partial charge in [0.25, 0.3) is 0 Å². The molecule has 4 rings (SSSR count). The Balaban J connectivity index is 1.46. The van der Waals surface area contributed by atoms with Crippen molar-refractivity contribution in [2.24, 2.45) is 0 Å². The number of carbonyl (C=O) groups is 1. The number of pyridine rings is 2. The van der Waals surface area contributed by atoms with E-state index in [0.717, 1.165) is 27.0 Å². The molecule has 3 heterocycles. The zero-order valence-electron chi connectivity index (χ0n) is 17.2. The van der Waals surface area contributed by atoms with E-state index >= 15 is 0 Å². The molecular formula is C24H22N4O2S. The average Bonchev–Trinajstić information content (AvgIpc) is 3.25. The first-order chi connectivity index (χ1) is 15.0. The number of aromatic nitrogens is 3. The van der Waals surface area contributed by atoms with E-state index < -0.39 is 0 Å². The predicted octanol–water partition coefficient (Wildman–Crippen LogP) is 5.73. The fourth-order valence-electron chi connectivity index (χ4n) is 3.14. The molecule has 6 nitrogen and oxygen atoms in total. The van der Waals surface area contributed by atoms with E-state index in [0.29, 0.717) is 17.8 Å². The van der Waals surface area contributed by atoms with Crippen LogP contribution in [0.4, 0.5) is 11.6 Å². The minimum atomic E-state index is -0.0159. The first kappa shape index (κ1) is 20.7. The van der Waals surface area contributed by atoms with Crippen LogP contribution < -0.4 is 5.32 Å². The maximum Gasteiger partial charge on any atom is 0.163 e. The van der Waals surface area contributed by atoms with E-state index in [1.165, 1.54) is 12.1 Å². The van der Waals surface area contributed by atoms with Crippen LogP contribution in [0.15, 0.2) is 67.0 Å². The monoisotopic (exact) mass is 430 g/mol. The summed E-state index contributed by atoms with van der Waals surface area (Å²) in [6, 6.07) is 16.0. The maximum atomic E-state index is 12.5. The van der Waals surface area contributed by atoms with Crippen molar-refractivity contribution in [1.29, 1.82) is 0 Å². The molecular weight excluding hydrogens is 408 g/mol. The Hall–Kier alpha value is -3.58. The number of anilines is 2. The molecule has 0 aliphatic carbocycles. The second-order valence-corrected chi connectivity index (χ2v) is 8.45. The van der Waals surface area contributed by atoms with Crippen LogP contribution in [-0.4, -0.2) is 25.8 Å². The van der Waals surface area contributed by atoms with Gasteiger partial charge in [-0.3, -0.25) is 4.79 Å². The van der Waals surface area contributed by atoms with Gasteiger partial charge < -0.3 is 10.4 Å². The van der Waals surface area contributed by atoms with Gasteiger partial charge in [-0.2, -0.15) is 0 Å². The lowest BCUT2D eigenvalue weighted by molar-refractivity contribution is 0.0975. The summed E-state index contributed by atoms with van der Waals surface area (Å²) >= 11 is 1.54. The molecule has 31 heavy (non-hydrogen) atoms. The number of nitrogens with zero attached hydrogens (tertiary/aromatic N) is 3. The normalized spacial score (nSPS) is 11.8. The second-order valence-electron chi connectivity index (χ2n) is 7.39. The molecule has 0 saturated carbocycles. The van der Waals surface area contributed by atoms with Gasteiger partial charge in [-0.25, -0.2) is 15.0 Å². The minimum Gasteiger partial charge on any atom is -0.508 e. The number of hydrogen-bond donors (Lipinski definition) is 2. The molecule has 1 atom stereocenters. The lowest BCUT2D eigenvalue weighted by Gasteiger charge is -2.08. The number of aromatic hydroxyl groups is 1. The molecule has 3 aromatic heterocycles. The maximum absolute atomic E-state index is 12.5. The van der Waals surface area contributed by atoms with Gasteiger partial charge in [-0.15, -0.1) is 11.3 Å². The molecule has 0 amide bonds. The SMILES string of the molecule is Cc1ccnc(Nc2cccc(-c3cnc(C(C)CC(=O)c4ccc(O)cc4)s3)n2)c1. The highest BCUT2D eigenvalue weighted by Gasteiger charge is 2.17. The van der Waals surface area contributed by atoms with E-state index in [4.69, 9.17) is 0 Å². The first-order valence-electron chi connectivity index (χ1n) is 9.93. The number of carbonyl (C=O) groups excluding carboxylic acids is 1. The summed E-state index contributed by atoms with van der Waals surface area (Å²) in [5, 5.41) is 13.5. The molecule has 0 aliphatic rings. The van der Waals surface area contributed by atoms with E-state index in [1.807, 2.05) is 44.2 Å². The summed E-state index contributed by atoms with van der Waals surface area (Å²) in [7, 11) is 0. The third kappa shape index (κ3) is 5.13. The van der Waals surface area contributed by atoms with Crippen LogP contribution in [0.5, 0.6) is 5.75 Å². The van der Waals surface area contributed by atoms with Crippen molar-refractivity contribution < 1.29 is 9.90 Å². The Morgan fingerprint density at radius 2 is 1.90 bits per heavy atom. The Bertz CT molecular complexity index is 1200. The molecule has 1 aromatic carbocycles. The number of rotatable bonds is 7. The highest BCUT2D eigenvalue weighted by Crippen LogP contribution is 2.31. The summed E-state index contributed by atoms with van der Waals surface area (Å²) in [4.78, 5) is 27.0. The van der Waals surface area contributed by atoms with Gasteiger partial charge >= 0.3 is 0 Å². The van der Waals surface area contributed by atoms with E-state index in [9.17, 15) is 9.90 Å². The molecule has 0 aliphatic heterocycles. The molecule has 0 spiro atoms. The van der Waals surface area contributed by atoms with Gasteiger partial charge in [-0.1, -0.05) is 13.0 Å². The van der Waals surface area contributed by atoms with Crippen molar-refractivity contribution in [1.82, 2.24) is 15.0 Å². The molecule has 2 N–H and O–H groups in total. The minimum absolute atomic E-state index is 0.0159. The third-order valence-corrected chi connectivity index (χ3v) is 6.05. The lowest BCUT2D eigenvalue weighted by Crippen LogP contribution is -2.04. The number of hydrogen-bond acceptors (Lipinski definition) is 7. The number of Topliss-reactive ketones (excluding diaryl/α,β-unsaturated/α-hetero) is 1. The summed E-state index contributed by atoms with van der Waals surface area (Å²) in [5.41, 5.74) is 2.53. The van der Waals surface area contributed by atoms with Crippen LogP contribution in [0.2, 0.25) is 0 Å². The van der Waals surface area contributed by atoms with Crippen molar-refractivity contribution in [3.8, 4) is 16.3 Å². The van der Waals surface area contributed by atoms with E-state index in [1.54, 1.807) is 35.9 Å². The van der Waals surface area contributed by atoms with Crippen molar-refractivity contribution in [3.05, 3.63) is 83.1 Å². The zero-order valence-corrected chi connectivity index (χ0v) is 18.1. The van der Waals surface area contributed by atoms with Crippen molar-refractivity contribution in [2.75, 3.05) is 5.32 Å². The molecule has 1 unspecified atom stereocenters. The molecule has 7 heteroatoms. The Kier molecular flexibility index (Phi) is 6.04.